The van der Waals surface area contributed by atoms with Gasteiger partial charge in [-0.15, -0.1) is 0 Å². The number of carbonyl (C=O) groups excluding carboxylic acids is 3. The summed E-state index contributed by atoms with van der Waals surface area (Å²) in [6.45, 7) is 4.73. The van der Waals surface area contributed by atoms with Gasteiger partial charge in [-0.25, -0.2) is 0 Å². The van der Waals surface area contributed by atoms with Gasteiger partial charge in [0.15, 0.2) is 0 Å². The van der Waals surface area contributed by atoms with E-state index in [1.807, 2.05) is 0 Å². The SMILES string of the molecule is C[C@]12CCC(=O)C[C@H]1CC[C@H]1[C@H]3CC[C@H](OC(=O)CCC(=O)[O-])[C@@]3(C)CC[C@@H]12. The van der Waals surface area contributed by atoms with E-state index in [9.17, 15) is 19.5 Å². The van der Waals surface area contributed by atoms with Crippen LogP contribution in [0.3, 0.4) is 0 Å². The van der Waals surface area contributed by atoms with Gasteiger partial charge in [0, 0.05) is 24.2 Å². The number of Topliss-reactive ketones (excluding diaryl/α,β-unsaturated/α-hetero) is 1. The van der Waals surface area contributed by atoms with Crippen molar-refractivity contribution in [3.8, 4) is 0 Å². The van der Waals surface area contributed by atoms with Crippen LogP contribution in [-0.2, 0) is 19.1 Å². The summed E-state index contributed by atoms with van der Waals surface area (Å²) >= 11 is 0. The van der Waals surface area contributed by atoms with Gasteiger partial charge >= 0.3 is 5.97 Å². The van der Waals surface area contributed by atoms with Crippen LogP contribution in [0.5, 0.6) is 0 Å². The molecule has 0 aromatic carbocycles. The third-order valence-corrected chi connectivity index (χ3v) is 9.20. The highest BCUT2D eigenvalue weighted by atomic mass is 16.5. The summed E-state index contributed by atoms with van der Waals surface area (Å²) in [5, 5.41) is 10.6. The van der Waals surface area contributed by atoms with Crippen molar-refractivity contribution in [2.45, 2.75) is 90.6 Å². The molecule has 5 nitrogen and oxygen atoms in total. The van der Waals surface area contributed by atoms with E-state index in [1.54, 1.807) is 0 Å². The minimum absolute atomic E-state index is 0.00594. The topological polar surface area (TPSA) is 83.5 Å². The fourth-order valence-electron chi connectivity index (χ4n) is 7.61. The zero-order valence-electron chi connectivity index (χ0n) is 17.2. The number of hydrogen-bond donors (Lipinski definition) is 0. The van der Waals surface area contributed by atoms with Crippen molar-refractivity contribution in [3.05, 3.63) is 0 Å². The van der Waals surface area contributed by atoms with Crippen molar-refractivity contribution >= 4 is 17.7 Å². The number of aliphatic carboxylic acids is 1. The monoisotopic (exact) mass is 389 g/mol. The van der Waals surface area contributed by atoms with Gasteiger partial charge in [-0.3, -0.25) is 9.59 Å². The minimum atomic E-state index is -1.20. The van der Waals surface area contributed by atoms with Gasteiger partial charge in [-0.1, -0.05) is 13.8 Å². The van der Waals surface area contributed by atoms with E-state index >= 15 is 0 Å². The maximum absolute atomic E-state index is 12.1. The second-order valence-corrected chi connectivity index (χ2v) is 10.4. The Hall–Kier alpha value is -1.39. The number of carboxylic acids is 1. The number of carboxylic acid groups (broad SMARTS) is 1. The van der Waals surface area contributed by atoms with E-state index in [1.165, 1.54) is 6.42 Å². The first-order chi connectivity index (χ1) is 13.2. The summed E-state index contributed by atoms with van der Waals surface area (Å²) in [6.07, 6.45) is 8.67. The minimum Gasteiger partial charge on any atom is -0.550 e. The summed E-state index contributed by atoms with van der Waals surface area (Å²) in [5.74, 6) is 1.32. The van der Waals surface area contributed by atoms with Crippen LogP contribution < -0.4 is 5.11 Å². The molecule has 0 aromatic heterocycles. The van der Waals surface area contributed by atoms with Gasteiger partial charge in [0.25, 0.3) is 0 Å². The van der Waals surface area contributed by atoms with E-state index < -0.39 is 11.9 Å². The Morgan fingerprint density at radius 3 is 2.50 bits per heavy atom. The number of hydrogen-bond acceptors (Lipinski definition) is 5. The maximum atomic E-state index is 12.1. The first-order valence-electron chi connectivity index (χ1n) is 11.1. The van der Waals surface area contributed by atoms with Gasteiger partial charge < -0.3 is 14.6 Å². The molecule has 0 unspecified atom stereocenters. The molecular formula is C23H33O5-. The highest BCUT2D eigenvalue weighted by Gasteiger charge is 2.61. The molecule has 0 amide bonds. The summed E-state index contributed by atoms with van der Waals surface area (Å²) in [7, 11) is 0. The van der Waals surface area contributed by atoms with Gasteiger partial charge in [0.1, 0.15) is 11.9 Å². The number of fused-ring (bicyclic) bond motifs is 5. The quantitative estimate of drug-likeness (QED) is 0.690. The maximum Gasteiger partial charge on any atom is 0.306 e. The summed E-state index contributed by atoms with van der Waals surface area (Å²) in [6, 6.07) is 0. The number of ketones is 1. The molecule has 0 N–H and O–H groups in total. The molecule has 0 radical (unpaired) electrons. The molecule has 4 aliphatic carbocycles. The van der Waals surface area contributed by atoms with Crippen LogP contribution in [0.1, 0.15) is 84.5 Å². The van der Waals surface area contributed by atoms with Gasteiger partial charge in [0.05, 0.1) is 6.42 Å². The van der Waals surface area contributed by atoms with Crippen LogP contribution in [0.4, 0.5) is 0 Å². The van der Waals surface area contributed by atoms with Crippen molar-refractivity contribution in [2.75, 3.05) is 0 Å². The fraction of sp³-hybridized carbons (Fsp3) is 0.870. The predicted molar refractivity (Wildman–Crippen MR) is 101 cm³/mol. The average Bonchev–Trinajstić information content (AvgIpc) is 2.97. The Morgan fingerprint density at radius 2 is 1.75 bits per heavy atom. The zero-order chi connectivity index (χ0) is 20.1. The standard InChI is InChI=1S/C23H34O5/c1-22-11-9-15(24)13-14(22)3-4-16-17-5-6-19(23(17,2)12-10-18(16)22)28-21(27)8-7-20(25)26/h14,16-19H,3-13H2,1-2H3,(H,25,26)/p-1/t14-,16+,17-,18+,19+,22+,23+/m1/s1. The molecule has 4 saturated carbocycles. The zero-order valence-corrected chi connectivity index (χ0v) is 17.2. The van der Waals surface area contributed by atoms with Gasteiger partial charge in [-0.2, -0.15) is 0 Å². The lowest BCUT2D eigenvalue weighted by atomic mass is 9.45. The molecule has 7 atom stereocenters. The van der Waals surface area contributed by atoms with Crippen LogP contribution in [0, 0.1) is 34.5 Å². The number of esters is 1. The molecule has 4 fully saturated rings. The lowest BCUT2D eigenvalue weighted by molar-refractivity contribution is -0.305. The van der Waals surface area contributed by atoms with Crippen molar-refractivity contribution in [3.63, 3.8) is 0 Å². The molecule has 0 saturated heterocycles. The molecule has 4 aliphatic rings. The fourth-order valence-corrected chi connectivity index (χ4v) is 7.61. The lowest BCUT2D eigenvalue weighted by Crippen LogP contribution is -2.54. The number of carbonyl (C=O) groups is 3. The van der Waals surface area contributed by atoms with Crippen LogP contribution in [0.2, 0.25) is 0 Å². The van der Waals surface area contributed by atoms with Crippen molar-refractivity contribution in [1.82, 2.24) is 0 Å². The van der Waals surface area contributed by atoms with Gasteiger partial charge in [0.2, 0.25) is 0 Å². The Labute approximate surface area is 167 Å². The summed E-state index contributed by atoms with van der Waals surface area (Å²) < 4.78 is 5.79. The van der Waals surface area contributed by atoms with Crippen molar-refractivity contribution in [1.29, 1.82) is 0 Å². The van der Waals surface area contributed by atoms with Crippen molar-refractivity contribution in [2.24, 2.45) is 34.5 Å². The highest BCUT2D eigenvalue weighted by Crippen LogP contribution is 2.66. The number of ether oxygens (including phenoxy) is 1. The van der Waals surface area contributed by atoms with Crippen LogP contribution in [-0.4, -0.2) is 23.8 Å². The Morgan fingerprint density at radius 1 is 1.00 bits per heavy atom. The molecular weight excluding hydrogens is 356 g/mol. The number of rotatable bonds is 4. The molecule has 0 heterocycles. The van der Waals surface area contributed by atoms with Crippen molar-refractivity contribution < 1.29 is 24.2 Å². The van der Waals surface area contributed by atoms with E-state index in [0.29, 0.717) is 34.9 Å². The van der Waals surface area contributed by atoms with Crippen LogP contribution >= 0.6 is 0 Å². The van der Waals surface area contributed by atoms with E-state index in [2.05, 4.69) is 13.8 Å². The molecule has 0 bridgehead atoms. The average molecular weight is 390 g/mol. The van der Waals surface area contributed by atoms with Crippen LogP contribution in [0.15, 0.2) is 0 Å². The first kappa shape index (κ1) is 19.9. The normalized spacial score (nSPS) is 44.9. The predicted octanol–water partition coefficient (Wildman–Crippen LogP) is 3.04. The highest BCUT2D eigenvalue weighted by molar-refractivity contribution is 5.79. The first-order valence-corrected chi connectivity index (χ1v) is 11.1. The largest absolute Gasteiger partial charge is 0.550 e. The van der Waals surface area contributed by atoms with Crippen LogP contribution in [0.25, 0.3) is 0 Å². The molecule has 28 heavy (non-hydrogen) atoms. The Kier molecular flexibility index (Phi) is 5.08. The summed E-state index contributed by atoms with van der Waals surface area (Å²) in [5.41, 5.74) is 0.299. The molecule has 0 spiro atoms. The molecule has 0 aliphatic heterocycles. The van der Waals surface area contributed by atoms with Gasteiger partial charge in [-0.05, 0) is 80.5 Å². The third-order valence-electron chi connectivity index (χ3n) is 9.20. The lowest BCUT2D eigenvalue weighted by Gasteiger charge is -2.60. The van der Waals surface area contributed by atoms with E-state index in [4.69, 9.17) is 4.74 Å². The van der Waals surface area contributed by atoms with E-state index in [0.717, 1.165) is 51.4 Å². The Bertz CT molecular complexity index is 672. The molecule has 5 heteroatoms. The molecule has 4 rings (SSSR count). The summed E-state index contributed by atoms with van der Waals surface area (Å²) in [4.78, 5) is 34.7. The Balaban J connectivity index is 1.47. The third kappa shape index (κ3) is 3.19. The second kappa shape index (κ2) is 7.14. The van der Waals surface area contributed by atoms with E-state index in [-0.39, 0.29) is 24.4 Å². The molecule has 0 aromatic rings. The second-order valence-electron chi connectivity index (χ2n) is 10.4. The molecule has 156 valence electrons. The smallest absolute Gasteiger partial charge is 0.306 e.